The second kappa shape index (κ2) is 6.58. The minimum absolute atomic E-state index is 0.0876. The predicted molar refractivity (Wildman–Crippen MR) is 70.7 cm³/mol. The molecule has 0 radical (unpaired) electrons. The molecule has 2 rings (SSSR count). The second-order valence-electron chi connectivity index (χ2n) is 3.93. The predicted octanol–water partition coefficient (Wildman–Crippen LogP) is 3.25. The van der Waals surface area contributed by atoms with E-state index in [0.717, 1.165) is 10.4 Å². The molecule has 19 heavy (non-hydrogen) atoms. The van der Waals surface area contributed by atoms with Crippen molar-refractivity contribution in [1.29, 1.82) is 0 Å². The van der Waals surface area contributed by atoms with Crippen molar-refractivity contribution in [2.24, 2.45) is 0 Å². The van der Waals surface area contributed by atoms with Crippen LogP contribution in [0, 0.1) is 0 Å². The van der Waals surface area contributed by atoms with Gasteiger partial charge in [0.2, 0.25) is 0 Å². The highest BCUT2D eigenvalue weighted by Crippen LogP contribution is 2.29. The van der Waals surface area contributed by atoms with Crippen molar-refractivity contribution < 1.29 is 13.5 Å². The van der Waals surface area contributed by atoms with Gasteiger partial charge in [-0.15, -0.1) is 11.3 Å². The van der Waals surface area contributed by atoms with E-state index >= 15 is 0 Å². The fourth-order valence-corrected chi connectivity index (χ4v) is 2.53. The second-order valence-corrected chi connectivity index (χ2v) is 4.90. The summed E-state index contributed by atoms with van der Waals surface area (Å²) in [5, 5.41) is 3.12. The molecule has 1 atom stereocenters. The number of thiazole rings is 1. The maximum atomic E-state index is 12.4. The van der Waals surface area contributed by atoms with E-state index in [9.17, 15) is 8.78 Å². The van der Waals surface area contributed by atoms with Gasteiger partial charge in [0.15, 0.2) is 0 Å². The first kappa shape index (κ1) is 13.9. The monoisotopic (exact) mass is 284 g/mol. The third-order valence-electron chi connectivity index (χ3n) is 2.75. The van der Waals surface area contributed by atoms with Gasteiger partial charge in [0.25, 0.3) is 0 Å². The maximum absolute atomic E-state index is 12.4. The Bertz CT molecular complexity index is 505. The minimum atomic E-state index is -2.82. The van der Waals surface area contributed by atoms with Crippen molar-refractivity contribution >= 4 is 11.3 Å². The zero-order chi connectivity index (χ0) is 13.7. The number of para-hydroxylation sites is 1. The third-order valence-corrected chi connectivity index (χ3v) is 3.55. The Balaban J connectivity index is 2.22. The van der Waals surface area contributed by atoms with Crippen molar-refractivity contribution in [2.75, 3.05) is 7.05 Å². The molecule has 1 aromatic heterocycles. The van der Waals surface area contributed by atoms with Crippen LogP contribution in [0.1, 0.15) is 16.5 Å². The van der Waals surface area contributed by atoms with Gasteiger partial charge in [-0.1, -0.05) is 18.2 Å². The zero-order valence-electron chi connectivity index (χ0n) is 10.3. The highest BCUT2D eigenvalue weighted by Gasteiger charge is 2.17. The van der Waals surface area contributed by atoms with Gasteiger partial charge in [-0.3, -0.25) is 4.98 Å². The number of ether oxygens (including phenoxy) is 1. The average Bonchev–Trinajstić information content (AvgIpc) is 2.89. The first-order chi connectivity index (χ1) is 9.20. The van der Waals surface area contributed by atoms with Gasteiger partial charge in [-0.25, -0.2) is 0 Å². The lowest BCUT2D eigenvalue weighted by molar-refractivity contribution is -0.0507. The minimum Gasteiger partial charge on any atom is -0.434 e. The number of rotatable bonds is 6. The Morgan fingerprint density at radius 2 is 2.16 bits per heavy atom. The van der Waals surface area contributed by atoms with Crippen molar-refractivity contribution in [1.82, 2.24) is 10.3 Å². The molecule has 0 amide bonds. The number of hydrogen-bond donors (Lipinski definition) is 1. The van der Waals surface area contributed by atoms with E-state index in [1.165, 1.54) is 0 Å². The molecule has 0 aliphatic rings. The lowest BCUT2D eigenvalue weighted by atomic mass is 10.0. The van der Waals surface area contributed by atoms with Crippen molar-refractivity contribution in [3.05, 3.63) is 46.4 Å². The molecule has 3 nitrogen and oxygen atoms in total. The summed E-state index contributed by atoms with van der Waals surface area (Å²) in [6, 6.07) is 6.75. The van der Waals surface area contributed by atoms with Crippen LogP contribution in [0.15, 0.2) is 36.0 Å². The summed E-state index contributed by atoms with van der Waals surface area (Å²) in [6.07, 6.45) is 2.47. The van der Waals surface area contributed by atoms with Crippen LogP contribution >= 0.6 is 11.3 Å². The van der Waals surface area contributed by atoms with Gasteiger partial charge >= 0.3 is 6.61 Å². The first-order valence-corrected chi connectivity index (χ1v) is 6.67. The molecular formula is C13H14F2N2OS. The van der Waals surface area contributed by atoms with E-state index in [4.69, 9.17) is 0 Å². The van der Waals surface area contributed by atoms with Gasteiger partial charge in [-0.05, 0) is 13.1 Å². The van der Waals surface area contributed by atoms with E-state index in [0.29, 0.717) is 6.42 Å². The summed E-state index contributed by atoms with van der Waals surface area (Å²) in [5.74, 6) is 0.210. The largest absolute Gasteiger partial charge is 0.434 e. The molecule has 0 saturated heterocycles. The first-order valence-electron chi connectivity index (χ1n) is 5.79. The van der Waals surface area contributed by atoms with E-state index in [-0.39, 0.29) is 11.8 Å². The van der Waals surface area contributed by atoms with Crippen LogP contribution in [0.4, 0.5) is 8.78 Å². The van der Waals surface area contributed by atoms with Gasteiger partial charge < -0.3 is 10.1 Å². The van der Waals surface area contributed by atoms with Crippen LogP contribution in [-0.2, 0) is 6.42 Å². The topological polar surface area (TPSA) is 34.2 Å². The number of nitrogens with zero attached hydrogens (tertiary/aromatic N) is 1. The fraction of sp³-hybridized carbons (Fsp3) is 0.308. The molecule has 6 heteroatoms. The van der Waals surface area contributed by atoms with E-state index in [2.05, 4.69) is 15.0 Å². The molecule has 0 aliphatic heterocycles. The van der Waals surface area contributed by atoms with Gasteiger partial charge in [0.1, 0.15) is 5.75 Å². The Labute approximate surface area is 114 Å². The number of halogens is 2. The number of benzene rings is 1. The number of likely N-dealkylation sites (N-methyl/N-ethyl adjacent to an activating group) is 1. The van der Waals surface area contributed by atoms with E-state index in [1.54, 1.807) is 48.3 Å². The summed E-state index contributed by atoms with van der Waals surface area (Å²) in [5.41, 5.74) is 2.47. The van der Waals surface area contributed by atoms with Crippen LogP contribution in [0.5, 0.6) is 5.75 Å². The molecule has 0 fully saturated rings. The lowest BCUT2D eigenvalue weighted by Gasteiger charge is -2.19. The number of aromatic nitrogens is 1. The van der Waals surface area contributed by atoms with Crippen molar-refractivity contribution in [3.63, 3.8) is 0 Å². The van der Waals surface area contributed by atoms with Gasteiger partial charge in [0.05, 0.1) is 5.51 Å². The normalized spacial score (nSPS) is 12.6. The number of nitrogens with one attached hydrogen (secondary N) is 1. The Morgan fingerprint density at radius 1 is 1.37 bits per heavy atom. The van der Waals surface area contributed by atoms with Crippen LogP contribution in [0.25, 0.3) is 0 Å². The average molecular weight is 284 g/mol. The van der Waals surface area contributed by atoms with Crippen molar-refractivity contribution in [3.8, 4) is 5.75 Å². The molecule has 2 aromatic rings. The molecule has 102 valence electrons. The summed E-state index contributed by atoms with van der Waals surface area (Å²) in [4.78, 5) is 5.10. The number of alkyl halides is 2. The van der Waals surface area contributed by atoms with Crippen LogP contribution in [0.2, 0.25) is 0 Å². The Morgan fingerprint density at radius 3 is 2.79 bits per heavy atom. The highest BCUT2D eigenvalue weighted by molar-refractivity contribution is 7.09. The smallest absolute Gasteiger partial charge is 0.387 e. The third kappa shape index (κ3) is 3.71. The molecular weight excluding hydrogens is 270 g/mol. The molecule has 0 saturated carbocycles. The summed E-state index contributed by atoms with van der Waals surface area (Å²) < 4.78 is 29.4. The Hall–Kier alpha value is -1.53. The molecule has 1 unspecified atom stereocenters. The molecule has 1 heterocycles. The summed E-state index contributed by atoms with van der Waals surface area (Å²) in [7, 11) is 1.80. The standard InChI is InChI=1S/C13H14F2N2OS/c1-16-11(6-9-7-17-8-19-9)10-4-2-3-5-12(10)18-13(14)15/h2-5,7-8,11,13,16H,6H2,1H3. The summed E-state index contributed by atoms with van der Waals surface area (Å²) >= 11 is 1.54. The molecule has 1 aromatic carbocycles. The maximum Gasteiger partial charge on any atom is 0.387 e. The Kier molecular flexibility index (Phi) is 4.81. The number of hydrogen-bond acceptors (Lipinski definition) is 4. The SMILES string of the molecule is CNC(Cc1cncs1)c1ccccc1OC(F)F. The molecule has 0 spiro atoms. The zero-order valence-corrected chi connectivity index (χ0v) is 11.2. The highest BCUT2D eigenvalue weighted by atomic mass is 32.1. The van der Waals surface area contributed by atoms with Crippen LogP contribution < -0.4 is 10.1 Å². The van der Waals surface area contributed by atoms with Crippen molar-refractivity contribution in [2.45, 2.75) is 19.1 Å². The van der Waals surface area contributed by atoms with E-state index < -0.39 is 6.61 Å². The summed E-state index contributed by atoms with van der Waals surface area (Å²) in [6.45, 7) is -2.82. The molecule has 1 N–H and O–H groups in total. The van der Waals surface area contributed by atoms with Crippen LogP contribution in [0.3, 0.4) is 0 Å². The van der Waals surface area contributed by atoms with Gasteiger partial charge in [0, 0.05) is 29.1 Å². The van der Waals surface area contributed by atoms with E-state index in [1.807, 2.05) is 6.07 Å². The lowest BCUT2D eigenvalue weighted by Crippen LogP contribution is -2.20. The van der Waals surface area contributed by atoms with Crippen LogP contribution in [-0.4, -0.2) is 18.6 Å². The molecule has 0 bridgehead atoms. The van der Waals surface area contributed by atoms with Gasteiger partial charge in [-0.2, -0.15) is 8.78 Å². The fourth-order valence-electron chi connectivity index (χ4n) is 1.88. The molecule has 0 aliphatic carbocycles. The quantitative estimate of drug-likeness (QED) is 0.884.